The Morgan fingerprint density at radius 3 is 2.47 bits per heavy atom. The molecule has 94 valence electrons. The maximum atomic E-state index is 11.1. The molecule has 4 heteroatoms. The number of hydrogen-bond acceptors (Lipinski definition) is 3. The average molecular weight is 238 g/mol. The first-order valence-electron chi connectivity index (χ1n) is 5.62. The van der Waals surface area contributed by atoms with Crippen molar-refractivity contribution in [3.8, 4) is 11.5 Å². The van der Waals surface area contributed by atoms with Gasteiger partial charge < -0.3 is 14.6 Å². The normalized spacial score (nSPS) is 10.1. The zero-order valence-electron chi connectivity index (χ0n) is 10.4. The summed E-state index contributed by atoms with van der Waals surface area (Å²) in [5, 5.41) is 9.13. The molecule has 0 radical (unpaired) electrons. The number of rotatable bonds is 6. The molecule has 0 saturated heterocycles. The maximum Gasteiger partial charge on any atom is 0.339 e. The molecule has 1 N–H and O–H groups in total. The number of ether oxygens (including phenoxy) is 2. The summed E-state index contributed by atoms with van der Waals surface area (Å²) in [5.74, 6) is -0.253. The quantitative estimate of drug-likeness (QED) is 0.828. The molecule has 1 aromatic carbocycles. The predicted molar refractivity (Wildman–Crippen MR) is 65.1 cm³/mol. The number of unbranched alkanes of at least 4 members (excludes halogenated alkanes) is 1. The van der Waals surface area contributed by atoms with Crippen molar-refractivity contribution in [2.75, 3.05) is 14.2 Å². The minimum absolute atomic E-state index is 0.151. The SMILES string of the molecule is CCCCc1cc(OC)c(OC)c(C(=O)O)c1. The second kappa shape index (κ2) is 6.13. The van der Waals surface area contributed by atoms with Crippen molar-refractivity contribution in [2.45, 2.75) is 26.2 Å². The van der Waals surface area contributed by atoms with Crippen LogP contribution in [0.3, 0.4) is 0 Å². The number of carbonyl (C=O) groups is 1. The van der Waals surface area contributed by atoms with Gasteiger partial charge in [-0.3, -0.25) is 0 Å². The lowest BCUT2D eigenvalue weighted by Gasteiger charge is -2.12. The van der Waals surface area contributed by atoms with E-state index in [1.54, 1.807) is 6.07 Å². The standard InChI is InChI=1S/C13H18O4/c1-4-5-6-9-7-10(13(14)15)12(17-3)11(8-9)16-2/h7-8H,4-6H2,1-3H3,(H,14,15). The van der Waals surface area contributed by atoms with Crippen LogP contribution in [-0.4, -0.2) is 25.3 Å². The Labute approximate surface area is 101 Å². The topological polar surface area (TPSA) is 55.8 Å². The second-order valence-electron chi connectivity index (χ2n) is 3.79. The number of carboxylic acid groups (broad SMARTS) is 1. The van der Waals surface area contributed by atoms with E-state index in [1.165, 1.54) is 14.2 Å². The molecule has 17 heavy (non-hydrogen) atoms. The van der Waals surface area contributed by atoms with Crippen molar-refractivity contribution in [3.63, 3.8) is 0 Å². The van der Waals surface area contributed by atoms with Crippen molar-refractivity contribution < 1.29 is 19.4 Å². The van der Waals surface area contributed by atoms with Gasteiger partial charge in [0.15, 0.2) is 11.5 Å². The van der Waals surface area contributed by atoms with Gasteiger partial charge in [0.25, 0.3) is 0 Å². The van der Waals surface area contributed by atoms with Crippen LogP contribution in [0.1, 0.15) is 35.7 Å². The fourth-order valence-electron chi connectivity index (χ4n) is 1.71. The van der Waals surface area contributed by atoms with Crippen molar-refractivity contribution in [1.82, 2.24) is 0 Å². The average Bonchev–Trinajstić information content (AvgIpc) is 2.34. The van der Waals surface area contributed by atoms with Crippen LogP contribution >= 0.6 is 0 Å². The van der Waals surface area contributed by atoms with Gasteiger partial charge in [-0.05, 0) is 30.5 Å². The van der Waals surface area contributed by atoms with Crippen LogP contribution in [0.5, 0.6) is 11.5 Å². The van der Waals surface area contributed by atoms with E-state index in [2.05, 4.69) is 6.92 Å². The number of aryl methyl sites for hydroxylation is 1. The molecule has 1 rings (SSSR count). The van der Waals surface area contributed by atoms with E-state index in [9.17, 15) is 4.79 Å². The monoisotopic (exact) mass is 238 g/mol. The number of aromatic carboxylic acids is 1. The van der Waals surface area contributed by atoms with Gasteiger partial charge in [0.1, 0.15) is 5.56 Å². The predicted octanol–water partition coefficient (Wildman–Crippen LogP) is 2.74. The first-order valence-corrected chi connectivity index (χ1v) is 5.62. The largest absolute Gasteiger partial charge is 0.493 e. The highest BCUT2D eigenvalue weighted by Gasteiger charge is 2.17. The molecule has 0 aliphatic carbocycles. The molecule has 4 nitrogen and oxygen atoms in total. The Hall–Kier alpha value is -1.71. The highest BCUT2D eigenvalue weighted by Crippen LogP contribution is 2.33. The van der Waals surface area contributed by atoms with E-state index in [4.69, 9.17) is 14.6 Å². The molecule has 0 aliphatic rings. The van der Waals surface area contributed by atoms with Crippen molar-refractivity contribution in [1.29, 1.82) is 0 Å². The summed E-state index contributed by atoms with van der Waals surface area (Å²) in [7, 11) is 2.95. The smallest absolute Gasteiger partial charge is 0.339 e. The number of hydrogen-bond donors (Lipinski definition) is 1. The molecule has 0 heterocycles. The third kappa shape index (κ3) is 3.12. The Kier molecular flexibility index (Phi) is 4.82. The lowest BCUT2D eigenvalue weighted by atomic mass is 10.0. The summed E-state index contributed by atoms with van der Waals surface area (Å²) in [4.78, 5) is 11.1. The van der Waals surface area contributed by atoms with Gasteiger partial charge >= 0.3 is 5.97 Å². The van der Waals surface area contributed by atoms with Crippen molar-refractivity contribution in [3.05, 3.63) is 23.3 Å². The fourth-order valence-corrected chi connectivity index (χ4v) is 1.71. The Morgan fingerprint density at radius 2 is 2.00 bits per heavy atom. The van der Waals surface area contributed by atoms with Crippen LogP contribution in [0, 0.1) is 0 Å². The van der Waals surface area contributed by atoms with Crippen LogP contribution in [0.25, 0.3) is 0 Å². The maximum absolute atomic E-state index is 11.1. The van der Waals surface area contributed by atoms with Gasteiger partial charge in [-0.15, -0.1) is 0 Å². The van der Waals surface area contributed by atoms with E-state index in [0.717, 1.165) is 24.8 Å². The third-order valence-electron chi connectivity index (χ3n) is 2.59. The van der Waals surface area contributed by atoms with E-state index in [0.29, 0.717) is 5.75 Å². The fraction of sp³-hybridized carbons (Fsp3) is 0.462. The number of carboxylic acids is 1. The van der Waals surface area contributed by atoms with Crippen LogP contribution in [-0.2, 0) is 6.42 Å². The zero-order chi connectivity index (χ0) is 12.8. The summed E-state index contributed by atoms with van der Waals surface area (Å²) >= 11 is 0. The molecule has 0 aromatic heterocycles. The lowest BCUT2D eigenvalue weighted by molar-refractivity contribution is 0.0692. The van der Waals surface area contributed by atoms with Crippen LogP contribution < -0.4 is 9.47 Å². The van der Waals surface area contributed by atoms with E-state index < -0.39 is 5.97 Å². The van der Waals surface area contributed by atoms with Crippen molar-refractivity contribution >= 4 is 5.97 Å². The number of methoxy groups -OCH3 is 2. The minimum atomic E-state index is -1.00. The van der Waals surface area contributed by atoms with Gasteiger partial charge in [0, 0.05) is 0 Å². The first-order chi connectivity index (χ1) is 8.13. The summed E-state index contributed by atoms with van der Waals surface area (Å²) in [5.41, 5.74) is 1.11. The summed E-state index contributed by atoms with van der Waals surface area (Å²) in [6.07, 6.45) is 2.93. The van der Waals surface area contributed by atoms with E-state index >= 15 is 0 Å². The van der Waals surface area contributed by atoms with E-state index in [1.807, 2.05) is 6.07 Å². The number of benzene rings is 1. The highest BCUT2D eigenvalue weighted by atomic mass is 16.5. The zero-order valence-corrected chi connectivity index (χ0v) is 10.4. The van der Waals surface area contributed by atoms with Crippen LogP contribution in [0.2, 0.25) is 0 Å². The van der Waals surface area contributed by atoms with Gasteiger partial charge in [0.2, 0.25) is 0 Å². The van der Waals surface area contributed by atoms with Crippen LogP contribution in [0.15, 0.2) is 12.1 Å². The molecule has 0 fully saturated rings. The van der Waals surface area contributed by atoms with E-state index in [-0.39, 0.29) is 11.3 Å². The minimum Gasteiger partial charge on any atom is -0.493 e. The molecule has 0 aliphatic heterocycles. The molecular weight excluding hydrogens is 220 g/mol. The summed E-state index contributed by atoms with van der Waals surface area (Å²) < 4.78 is 10.2. The molecule has 0 spiro atoms. The van der Waals surface area contributed by atoms with Gasteiger partial charge in [-0.1, -0.05) is 13.3 Å². The van der Waals surface area contributed by atoms with Crippen LogP contribution in [0.4, 0.5) is 0 Å². The molecule has 0 unspecified atom stereocenters. The third-order valence-corrected chi connectivity index (χ3v) is 2.59. The molecular formula is C13H18O4. The Bertz CT molecular complexity index is 399. The molecule has 0 bridgehead atoms. The Morgan fingerprint density at radius 1 is 1.29 bits per heavy atom. The van der Waals surface area contributed by atoms with Gasteiger partial charge in [0.05, 0.1) is 14.2 Å². The lowest BCUT2D eigenvalue weighted by Crippen LogP contribution is -2.04. The molecule has 0 atom stereocenters. The molecule has 0 amide bonds. The highest BCUT2D eigenvalue weighted by molar-refractivity contribution is 5.92. The van der Waals surface area contributed by atoms with Gasteiger partial charge in [-0.2, -0.15) is 0 Å². The second-order valence-corrected chi connectivity index (χ2v) is 3.79. The first kappa shape index (κ1) is 13.4. The summed E-state index contributed by atoms with van der Waals surface area (Å²) in [6.45, 7) is 2.10. The Balaban J connectivity index is 3.20. The summed E-state index contributed by atoms with van der Waals surface area (Å²) in [6, 6.07) is 3.49. The van der Waals surface area contributed by atoms with Crippen molar-refractivity contribution in [2.24, 2.45) is 0 Å². The molecule has 0 saturated carbocycles. The van der Waals surface area contributed by atoms with Gasteiger partial charge in [-0.25, -0.2) is 4.79 Å². The molecule has 1 aromatic rings.